The molecule has 0 fully saturated rings. The highest BCUT2D eigenvalue weighted by Gasteiger charge is 2.52. The summed E-state index contributed by atoms with van der Waals surface area (Å²) >= 11 is 0. The van der Waals surface area contributed by atoms with Gasteiger partial charge in [0.1, 0.15) is 7.28 Å². The second-order valence-corrected chi connectivity index (χ2v) is 7.09. The van der Waals surface area contributed by atoms with Gasteiger partial charge >= 0.3 is 0 Å². The Morgan fingerprint density at radius 2 is 0.444 bits per heavy atom. The molecule has 0 spiro atoms. The van der Waals surface area contributed by atoms with Gasteiger partial charge < -0.3 is 0 Å². The fourth-order valence-corrected chi connectivity index (χ4v) is 3.84. The van der Waals surface area contributed by atoms with Gasteiger partial charge in [0.2, 0.25) is 17.5 Å². The van der Waals surface area contributed by atoms with Crippen molar-refractivity contribution in [2.45, 2.75) is 12.1 Å². The minimum absolute atomic E-state index is 0.411. The fraction of sp³-hybridized carbons (Fsp3) is 0.100. The van der Waals surface area contributed by atoms with Crippen molar-refractivity contribution in [1.29, 1.82) is 0 Å². The summed E-state index contributed by atoms with van der Waals surface area (Å²) < 4.78 is 214. The van der Waals surface area contributed by atoms with Crippen LogP contribution in [-0.4, -0.2) is 7.28 Å². The van der Waals surface area contributed by atoms with Crippen molar-refractivity contribution in [3.8, 4) is 0 Å². The highest BCUT2D eigenvalue weighted by molar-refractivity contribution is 6.41. The molecule has 3 aromatic carbocycles. The van der Waals surface area contributed by atoms with Gasteiger partial charge in [-0.2, -0.15) is 0 Å². The standard InChI is InChI=1S/C20H4BF15/c1-21-20(2-5(22)11(28)17(34)12(29)6(2)23,3-7(24)13(30)18(35)14(31)8(3)25)4-9(26)15(32)19(36)16(33)10(4)27/h21H,1H3. The molecule has 0 unspecified atom stereocenters. The minimum Gasteiger partial charge on any atom is -0.203 e. The largest absolute Gasteiger partial charge is 0.203 e. The van der Waals surface area contributed by atoms with Crippen LogP contribution in [0.5, 0.6) is 0 Å². The van der Waals surface area contributed by atoms with Crippen LogP contribution in [0, 0.1) is 87.3 Å². The maximum Gasteiger partial charge on any atom is 0.200 e. The first-order valence-electron chi connectivity index (χ1n) is 9.15. The van der Waals surface area contributed by atoms with Gasteiger partial charge in [0.25, 0.3) is 0 Å². The lowest BCUT2D eigenvalue weighted by Crippen LogP contribution is -2.42. The first-order valence-corrected chi connectivity index (χ1v) is 9.15. The van der Waals surface area contributed by atoms with E-state index in [1.54, 1.807) is 0 Å². The predicted molar refractivity (Wildman–Crippen MR) is 91.6 cm³/mol. The third kappa shape index (κ3) is 3.36. The van der Waals surface area contributed by atoms with Crippen molar-refractivity contribution in [2.24, 2.45) is 0 Å². The molecule has 0 N–H and O–H groups in total. The van der Waals surface area contributed by atoms with Crippen LogP contribution >= 0.6 is 0 Å². The van der Waals surface area contributed by atoms with E-state index in [4.69, 9.17) is 0 Å². The zero-order valence-corrected chi connectivity index (χ0v) is 16.9. The topological polar surface area (TPSA) is 0 Å². The van der Waals surface area contributed by atoms with Crippen LogP contribution in [-0.2, 0) is 5.31 Å². The molecule has 0 heterocycles. The van der Waals surface area contributed by atoms with Gasteiger partial charge in [-0.25, -0.2) is 65.9 Å². The average Bonchev–Trinajstić information content (AvgIpc) is 2.85. The Bertz CT molecular complexity index is 1180. The summed E-state index contributed by atoms with van der Waals surface area (Å²) in [5.74, 6) is -45.2. The van der Waals surface area contributed by atoms with Gasteiger partial charge in [-0.15, -0.1) is 0 Å². The van der Waals surface area contributed by atoms with Gasteiger partial charge in [0, 0.05) is 22.0 Å². The predicted octanol–water partition coefficient (Wildman–Crippen LogP) is 6.55. The molecular formula is C20H4BF15. The Kier molecular flexibility index (Phi) is 6.79. The SMILES string of the molecule is CBC(c1c(F)c(F)c(F)c(F)c1F)(c1c(F)c(F)c(F)c(F)c1F)c1c(F)c(F)c(F)c(F)c1F. The quantitative estimate of drug-likeness (QED) is 0.116. The van der Waals surface area contributed by atoms with E-state index in [0.29, 0.717) is 6.82 Å². The van der Waals surface area contributed by atoms with Crippen LogP contribution < -0.4 is 0 Å². The Morgan fingerprint density at radius 1 is 0.306 bits per heavy atom. The van der Waals surface area contributed by atoms with E-state index in [9.17, 15) is 65.9 Å². The number of benzene rings is 3. The maximum absolute atomic E-state index is 14.8. The van der Waals surface area contributed by atoms with E-state index in [0.717, 1.165) is 0 Å². The molecule has 0 aliphatic carbocycles. The lowest BCUT2D eigenvalue weighted by Gasteiger charge is -2.36. The van der Waals surface area contributed by atoms with Crippen molar-refractivity contribution < 1.29 is 65.9 Å². The molecule has 0 atom stereocenters. The molecule has 0 aliphatic rings. The molecule has 3 rings (SSSR count). The van der Waals surface area contributed by atoms with Crippen LogP contribution in [0.4, 0.5) is 65.9 Å². The van der Waals surface area contributed by atoms with Crippen LogP contribution in [0.2, 0.25) is 6.82 Å². The lowest BCUT2D eigenvalue weighted by atomic mass is 9.44. The lowest BCUT2D eigenvalue weighted by molar-refractivity contribution is 0.339. The minimum atomic E-state index is -4.41. The van der Waals surface area contributed by atoms with Crippen LogP contribution in [0.3, 0.4) is 0 Å². The smallest absolute Gasteiger partial charge is 0.200 e. The highest BCUT2D eigenvalue weighted by atomic mass is 19.2. The van der Waals surface area contributed by atoms with E-state index in [1.165, 1.54) is 0 Å². The van der Waals surface area contributed by atoms with Crippen molar-refractivity contribution in [2.75, 3.05) is 0 Å². The van der Waals surface area contributed by atoms with Crippen molar-refractivity contribution in [1.82, 2.24) is 0 Å². The van der Waals surface area contributed by atoms with Crippen molar-refractivity contribution in [3.63, 3.8) is 0 Å². The third-order valence-corrected chi connectivity index (χ3v) is 5.44. The highest BCUT2D eigenvalue weighted by Crippen LogP contribution is 2.48. The Balaban J connectivity index is 2.84. The van der Waals surface area contributed by atoms with E-state index in [2.05, 4.69) is 0 Å². The molecule has 0 bridgehead atoms. The molecule has 16 heteroatoms. The Morgan fingerprint density at radius 3 is 0.583 bits per heavy atom. The molecule has 0 aliphatic heterocycles. The number of hydrogen-bond donors (Lipinski definition) is 0. The maximum atomic E-state index is 14.8. The molecular weight excluding hydrogens is 536 g/mol. The summed E-state index contributed by atoms with van der Waals surface area (Å²) in [6.45, 7) is 0.411. The van der Waals surface area contributed by atoms with Crippen LogP contribution in [0.15, 0.2) is 0 Å². The normalized spacial score (nSPS) is 11.9. The summed E-state index contributed by atoms with van der Waals surface area (Å²) in [5.41, 5.74) is -7.98. The van der Waals surface area contributed by atoms with Crippen molar-refractivity contribution in [3.05, 3.63) is 104 Å². The van der Waals surface area contributed by atoms with Crippen molar-refractivity contribution >= 4 is 7.28 Å². The zero-order chi connectivity index (χ0) is 27.6. The Labute approximate surface area is 190 Å². The number of halogens is 15. The first kappa shape index (κ1) is 27.3. The molecule has 0 saturated carbocycles. The molecule has 36 heavy (non-hydrogen) atoms. The molecule has 0 nitrogen and oxygen atoms in total. The van der Waals surface area contributed by atoms with Crippen LogP contribution in [0.25, 0.3) is 0 Å². The fourth-order valence-electron chi connectivity index (χ4n) is 3.84. The van der Waals surface area contributed by atoms with Gasteiger partial charge in [-0.05, 0) is 0 Å². The van der Waals surface area contributed by atoms with E-state index in [1.807, 2.05) is 0 Å². The van der Waals surface area contributed by atoms with Gasteiger partial charge in [-0.1, -0.05) is 6.82 Å². The van der Waals surface area contributed by atoms with Gasteiger partial charge in [0.15, 0.2) is 69.8 Å². The average molecular weight is 540 g/mol. The third-order valence-electron chi connectivity index (χ3n) is 5.44. The molecule has 0 amide bonds. The molecule has 192 valence electrons. The number of hydrogen-bond acceptors (Lipinski definition) is 0. The monoisotopic (exact) mass is 540 g/mol. The second kappa shape index (κ2) is 8.96. The van der Waals surface area contributed by atoms with Gasteiger partial charge in [0.05, 0.1) is 0 Å². The Hall–Kier alpha value is -3.33. The summed E-state index contributed by atoms with van der Waals surface area (Å²) in [5, 5.41) is -4.41. The molecule has 0 aromatic heterocycles. The number of rotatable bonds is 4. The first-order chi connectivity index (χ1) is 16.6. The van der Waals surface area contributed by atoms with E-state index in [-0.39, 0.29) is 0 Å². The van der Waals surface area contributed by atoms with E-state index < -0.39 is 117 Å². The summed E-state index contributed by atoms with van der Waals surface area (Å²) in [6.07, 6.45) is 0. The van der Waals surface area contributed by atoms with Gasteiger partial charge in [-0.3, -0.25) is 0 Å². The molecule has 0 saturated heterocycles. The van der Waals surface area contributed by atoms with E-state index >= 15 is 0 Å². The van der Waals surface area contributed by atoms with Crippen LogP contribution in [0.1, 0.15) is 16.7 Å². The summed E-state index contributed by atoms with van der Waals surface area (Å²) in [4.78, 5) is 0. The zero-order valence-electron chi connectivity index (χ0n) is 16.9. The second-order valence-electron chi connectivity index (χ2n) is 7.09. The summed E-state index contributed by atoms with van der Waals surface area (Å²) in [7, 11) is -1.78. The molecule has 3 aromatic rings. The summed E-state index contributed by atoms with van der Waals surface area (Å²) in [6, 6.07) is 0. The molecule has 0 radical (unpaired) electrons.